The van der Waals surface area contributed by atoms with Crippen molar-refractivity contribution in [2.75, 3.05) is 0 Å². The summed E-state index contributed by atoms with van der Waals surface area (Å²) in [5, 5.41) is 0. The number of halogens is 2. The van der Waals surface area contributed by atoms with Gasteiger partial charge in [0.2, 0.25) is 11.7 Å². The first-order valence-corrected chi connectivity index (χ1v) is 4.74. The molecule has 0 spiro atoms. The van der Waals surface area contributed by atoms with E-state index in [1.807, 2.05) is 0 Å². The summed E-state index contributed by atoms with van der Waals surface area (Å²) in [6, 6.07) is 6.53. The SMILES string of the molecule is O=Cc1cccnc1Oc1cccc(F)c1F. The summed E-state index contributed by atoms with van der Waals surface area (Å²) < 4.78 is 31.3. The molecular weight excluding hydrogens is 228 g/mol. The molecular formula is C12H7F2NO2. The van der Waals surface area contributed by atoms with Crippen LogP contribution in [-0.2, 0) is 0 Å². The quantitative estimate of drug-likeness (QED) is 0.768. The van der Waals surface area contributed by atoms with Crippen LogP contribution in [0.1, 0.15) is 10.4 Å². The molecule has 17 heavy (non-hydrogen) atoms. The van der Waals surface area contributed by atoms with Crippen LogP contribution in [0.4, 0.5) is 8.78 Å². The fourth-order valence-electron chi connectivity index (χ4n) is 1.25. The molecule has 0 atom stereocenters. The zero-order chi connectivity index (χ0) is 12.3. The van der Waals surface area contributed by atoms with Crippen molar-refractivity contribution in [3.8, 4) is 11.6 Å². The third-order valence-corrected chi connectivity index (χ3v) is 2.05. The number of nitrogens with zero attached hydrogens (tertiary/aromatic N) is 1. The van der Waals surface area contributed by atoms with Gasteiger partial charge in [0, 0.05) is 6.20 Å². The van der Waals surface area contributed by atoms with Crippen LogP contribution >= 0.6 is 0 Å². The van der Waals surface area contributed by atoms with E-state index in [0.29, 0.717) is 6.29 Å². The smallest absolute Gasteiger partial charge is 0.229 e. The highest BCUT2D eigenvalue weighted by Crippen LogP contribution is 2.25. The summed E-state index contributed by atoms with van der Waals surface area (Å²) in [5.74, 6) is -2.51. The van der Waals surface area contributed by atoms with E-state index in [-0.39, 0.29) is 17.2 Å². The summed E-state index contributed by atoms with van der Waals surface area (Å²) in [7, 11) is 0. The lowest BCUT2D eigenvalue weighted by molar-refractivity contribution is 0.112. The second kappa shape index (κ2) is 4.69. The van der Waals surface area contributed by atoms with Gasteiger partial charge in [-0.05, 0) is 24.3 Å². The summed E-state index contributed by atoms with van der Waals surface area (Å²) in [5.41, 5.74) is 0.163. The Labute approximate surface area is 95.7 Å². The molecule has 0 fully saturated rings. The van der Waals surface area contributed by atoms with Gasteiger partial charge in [0.15, 0.2) is 17.9 Å². The number of hydrogen-bond acceptors (Lipinski definition) is 3. The Morgan fingerprint density at radius 2 is 2.00 bits per heavy atom. The van der Waals surface area contributed by atoms with E-state index >= 15 is 0 Å². The molecule has 1 aromatic heterocycles. The third-order valence-electron chi connectivity index (χ3n) is 2.05. The number of aldehydes is 1. The fraction of sp³-hybridized carbons (Fsp3) is 0. The maximum absolute atomic E-state index is 13.3. The van der Waals surface area contributed by atoms with Crippen LogP contribution in [0.3, 0.4) is 0 Å². The van der Waals surface area contributed by atoms with Gasteiger partial charge in [-0.25, -0.2) is 9.37 Å². The molecule has 2 aromatic rings. The summed E-state index contributed by atoms with van der Waals surface area (Å²) >= 11 is 0. The van der Waals surface area contributed by atoms with E-state index in [4.69, 9.17) is 4.74 Å². The Balaban J connectivity index is 2.38. The number of carbonyl (C=O) groups excluding carboxylic acids is 1. The third kappa shape index (κ3) is 2.28. The maximum Gasteiger partial charge on any atom is 0.229 e. The Morgan fingerprint density at radius 1 is 1.18 bits per heavy atom. The lowest BCUT2D eigenvalue weighted by atomic mass is 10.3. The van der Waals surface area contributed by atoms with Gasteiger partial charge in [-0.15, -0.1) is 0 Å². The van der Waals surface area contributed by atoms with Gasteiger partial charge in [0.05, 0.1) is 5.56 Å². The summed E-state index contributed by atoms with van der Waals surface area (Å²) in [4.78, 5) is 14.5. The first-order valence-electron chi connectivity index (χ1n) is 4.74. The zero-order valence-corrected chi connectivity index (χ0v) is 8.56. The minimum atomic E-state index is -1.12. The monoisotopic (exact) mass is 235 g/mol. The van der Waals surface area contributed by atoms with Gasteiger partial charge >= 0.3 is 0 Å². The molecule has 0 aliphatic heterocycles. The Bertz CT molecular complexity index is 558. The first kappa shape index (κ1) is 11.2. The molecule has 0 radical (unpaired) electrons. The predicted octanol–water partition coefficient (Wildman–Crippen LogP) is 2.96. The number of pyridine rings is 1. The van der Waals surface area contributed by atoms with E-state index < -0.39 is 11.6 Å². The Kier molecular flexibility index (Phi) is 3.09. The highest BCUT2D eigenvalue weighted by molar-refractivity contribution is 5.78. The van der Waals surface area contributed by atoms with Crippen LogP contribution in [-0.4, -0.2) is 11.3 Å². The molecule has 5 heteroatoms. The molecule has 3 nitrogen and oxygen atoms in total. The molecule has 2 rings (SSSR count). The van der Waals surface area contributed by atoms with E-state index in [9.17, 15) is 13.6 Å². The number of aromatic nitrogens is 1. The molecule has 0 saturated heterocycles. The average Bonchev–Trinajstić information content (AvgIpc) is 2.35. The number of hydrogen-bond donors (Lipinski definition) is 0. The highest BCUT2D eigenvalue weighted by Gasteiger charge is 2.12. The van der Waals surface area contributed by atoms with Crippen LogP contribution in [0.2, 0.25) is 0 Å². The topological polar surface area (TPSA) is 39.2 Å². The second-order valence-electron chi connectivity index (χ2n) is 3.17. The van der Waals surface area contributed by atoms with Gasteiger partial charge in [-0.1, -0.05) is 6.07 Å². The molecule has 0 saturated carbocycles. The lowest BCUT2D eigenvalue weighted by Gasteiger charge is -2.07. The Hall–Kier alpha value is -2.30. The molecule has 1 heterocycles. The van der Waals surface area contributed by atoms with E-state index in [0.717, 1.165) is 6.07 Å². The van der Waals surface area contributed by atoms with Crippen molar-refractivity contribution in [2.24, 2.45) is 0 Å². The van der Waals surface area contributed by atoms with Gasteiger partial charge in [0.25, 0.3) is 0 Å². The van der Waals surface area contributed by atoms with Gasteiger partial charge in [-0.3, -0.25) is 4.79 Å². The maximum atomic E-state index is 13.3. The van der Waals surface area contributed by atoms with Gasteiger partial charge in [0.1, 0.15) is 0 Å². The minimum Gasteiger partial charge on any atom is -0.435 e. The number of ether oxygens (including phenoxy) is 1. The van der Waals surface area contributed by atoms with Crippen LogP contribution in [0.25, 0.3) is 0 Å². The average molecular weight is 235 g/mol. The number of carbonyl (C=O) groups is 1. The normalized spacial score (nSPS) is 10.0. The van der Waals surface area contributed by atoms with Crippen molar-refractivity contribution < 1.29 is 18.3 Å². The second-order valence-corrected chi connectivity index (χ2v) is 3.17. The van der Waals surface area contributed by atoms with Crippen molar-refractivity contribution in [3.63, 3.8) is 0 Å². The van der Waals surface area contributed by atoms with Gasteiger partial charge in [-0.2, -0.15) is 4.39 Å². The highest BCUT2D eigenvalue weighted by atomic mass is 19.2. The predicted molar refractivity (Wildman–Crippen MR) is 56.1 cm³/mol. The molecule has 86 valence electrons. The Morgan fingerprint density at radius 3 is 2.76 bits per heavy atom. The van der Waals surface area contributed by atoms with E-state index in [2.05, 4.69) is 4.98 Å². The molecule has 0 N–H and O–H groups in total. The van der Waals surface area contributed by atoms with Crippen molar-refractivity contribution >= 4 is 6.29 Å². The van der Waals surface area contributed by atoms with Crippen LogP contribution in [0.15, 0.2) is 36.5 Å². The van der Waals surface area contributed by atoms with Gasteiger partial charge < -0.3 is 4.74 Å². The minimum absolute atomic E-state index is 0.0630. The van der Waals surface area contributed by atoms with Crippen LogP contribution < -0.4 is 4.74 Å². The molecule has 0 aliphatic rings. The van der Waals surface area contributed by atoms with Crippen molar-refractivity contribution in [1.29, 1.82) is 0 Å². The van der Waals surface area contributed by atoms with Crippen LogP contribution in [0.5, 0.6) is 11.6 Å². The van der Waals surface area contributed by atoms with Crippen molar-refractivity contribution in [2.45, 2.75) is 0 Å². The van der Waals surface area contributed by atoms with Crippen molar-refractivity contribution in [1.82, 2.24) is 4.98 Å². The van der Waals surface area contributed by atoms with E-state index in [1.165, 1.54) is 24.4 Å². The first-order chi connectivity index (χ1) is 8.22. The summed E-state index contributed by atoms with van der Waals surface area (Å²) in [6.07, 6.45) is 1.92. The molecule has 0 unspecified atom stereocenters. The van der Waals surface area contributed by atoms with E-state index in [1.54, 1.807) is 6.07 Å². The van der Waals surface area contributed by atoms with Crippen molar-refractivity contribution in [3.05, 3.63) is 53.7 Å². The molecule has 0 amide bonds. The molecule has 1 aromatic carbocycles. The fourth-order valence-corrected chi connectivity index (χ4v) is 1.25. The number of rotatable bonds is 3. The molecule has 0 aliphatic carbocycles. The summed E-state index contributed by atoms with van der Waals surface area (Å²) in [6.45, 7) is 0. The lowest BCUT2D eigenvalue weighted by Crippen LogP contribution is -1.96. The largest absolute Gasteiger partial charge is 0.435 e. The zero-order valence-electron chi connectivity index (χ0n) is 8.56. The molecule has 0 bridgehead atoms. The standard InChI is InChI=1S/C12H7F2NO2/c13-9-4-1-5-10(11(9)14)17-12-8(7-16)3-2-6-15-12/h1-7H. The number of benzene rings is 1. The van der Waals surface area contributed by atoms with Crippen LogP contribution in [0, 0.1) is 11.6 Å².